The molecule has 0 unspecified atom stereocenters. The predicted octanol–water partition coefficient (Wildman–Crippen LogP) is 2.70. The number of aromatic nitrogens is 1. The zero-order valence-corrected chi connectivity index (χ0v) is 12.3. The van der Waals surface area contributed by atoms with Crippen LogP contribution in [0.4, 0.5) is 5.69 Å². The Morgan fingerprint density at radius 2 is 1.83 bits per heavy atom. The summed E-state index contributed by atoms with van der Waals surface area (Å²) in [6.07, 6.45) is 6.35. The lowest BCUT2D eigenvalue weighted by Crippen LogP contribution is -2.36. The Bertz CT molecular complexity index is 825. The molecule has 1 saturated carbocycles. The second-order valence-corrected chi connectivity index (χ2v) is 6.21. The first-order chi connectivity index (χ1) is 11.1. The SMILES string of the molecule is O=C(O)[C@@H]1[C@@H](C(=O)Nc2cccc3cccnc23)[C@H]2C=C[C@H]1C2. The fourth-order valence-electron chi connectivity index (χ4n) is 3.94. The maximum Gasteiger partial charge on any atom is 0.307 e. The average Bonchev–Trinajstić information content (AvgIpc) is 3.16. The minimum Gasteiger partial charge on any atom is -0.481 e. The summed E-state index contributed by atoms with van der Waals surface area (Å²) >= 11 is 0. The van der Waals surface area contributed by atoms with Crippen LogP contribution in [-0.4, -0.2) is 22.0 Å². The number of carbonyl (C=O) groups is 2. The van der Waals surface area contributed by atoms with E-state index in [-0.39, 0.29) is 17.7 Å². The van der Waals surface area contributed by atoms with Gasteiger partial charge in [-0.05, 0) is 30.4 Å². The Labute approximate surface area is 133 Å². The van der Waals surface area contributed by atoms with Crippen molar-refractivity contribution in [3.05, 3.63) is 48.7 Å². The zero-order chi connectivity index (χ0) is 16.0. The minimum absolute atomic E-state index is 0.0176. The van der Waals surface area contributed by atoms with Crippen LogP contribution >= 0.6 is 0 Å². The Morgan fingerprint density at radius 3 is 2.61 bits per heavy atom. The van der Waals surface area contributed by atoms with Gasteiger partial charge in [0.1, 0.15) is 0 Å². The van der Waals surface area contributed by atoms with Crippen LogP contribution in [0.25, 0.3) is 10.9 Å². The highest BCUT2D eigenvalue weighted by molar-refractivity contribution is 6.02. The molecule has 1 amide bonds. The van der Waals surface area contributed by atoms with Gasteiger partial charge >= 0.3 is 5.97 Å². The molecule has 0 radical (unpaired) electrons. The number of benzene rings is 1. The lowest BCUT2D eigenvalue weighted by Gasteiger charge is -2.24. The summed E-state index contributed by atoms with van der Waals surface area (Å²) in [5.74, 6) is -2.28. The molecule has 1 heterocycles. The second kappa shape index (κ2) is 5.19. The molecule has 2 aromatic rings. The number of anilines is 1. The van der Waals surface area contributed by atoms with Gasteiger partial charge in [-0.25, -0.2) is 0 Å². The topological polar surface area (TPSA) is 79.3 Å². The summed E-state index contributed by atoms with van der Waals surface area (Å²) in [7, 11) is 0. The number of hydrogen-bond donors (Lipinski definition) is 2. The van der Waals surface area contributed by atoms with E-state index >= 15 is 0 Å². The third-order valence-electron chi connectivity index (χ3n) is 4.94. The number of amides is 1. The van der Waals surface area contributed by atoms with Crippen molar-refractivity contribution < 1.29 is 14.7 Å². The lowest BCUT2D eigenvalue weighted by atomic mass is 9.82. The fourth-order valence-corrected chi connectivity index (χ4v) is 3.94. The van der Waals surface area contributed by atoms with Crippen molar-refractivity contribution in [3.8, 4) is 0 Å². The third kappa shape index (κ3) is 2.20. The maximum absolute atomic E-state index is 12.7. The van der Waals surface area contributed by atoms with Crippen LogP contribution in [0.2, 0.25) is 0 Å². The van der Waals surface area contributed by atoms with E-state index in [4.69, 9.17) is 0 Å². The summed E-state index contributed by atoms with van der Waals surface area (Å²) in [4.78, 5) is 28.6. The van der Waals surface area contributed by atoms with E-state index in [1.54, 1.807) is 12.3 Å². The van der Waals surface area contributed by atoms with Crippen molar-refractivity contribution in [2.75, 3.05) is 5.32 Å². The van der Waals surface area contributed by atoms with Gasteiger partial charge < -0.3 is 10.4 Å². The molecular formula is C18H16N2O3. The highest BCUT2D eigenvalue weighted by Crippen LogP contribution is 2.48. The quantitative estimate of drug-likeness (QED) is 0.854. The van der Waals surface area contributed by atoms with E-state index < -0.39 is 17.8 Å². The number of aliphatic carboxylic acids is 1. The van der Waals surface area contributed by atoms with Gasteiger partial charge in [0.25, 0.3) is 0 Å². The van der Waals surface area contributed by atoms with Gasteiger partial charge in [0.15, 0.2) is 0 Å². The molecule has 23 heavy (non-hydrogen) atoms. The van der Waals surface area contributed by atoms with E-state index in [2.05, 4.69) is 10.3 Å². The largest absolute Gasteiger partial charge is 0.481 e. The number of para-hydroxylation sites is 1. The first-order valence-electron chi connectivity index (χ1n) is 7.71. The van der Waals surface area contributed by atoms with Crippen LogP contribution in [-0.2, 0) is 9.59 Å². The number of allylic oxidation sites excluding steroid dienone is 2. The summed E-state index contributed by atoms with van der Waals surface area (Å²) in [6, 6.07) is 9.35. The van der Waals surface area contributed by atoms with Crippen molar-refractivity contribution in [1.29, 1.82) is 0 Å². The number of carboxylic acid groups (broad SMARTS) is 1. The van der Waals surface area contributed by atoms with E-state index in [1.807, 2.05) is 36.4 Å². The van der Waals surface area contributed by atoms with Crippen molar-refractivity contribution in [3.63, 3.8) is 0 Å². The molecule has 0 spiro atoms. The van der Waals surface area contributed by atoms with Gasteiger partial charge in [0.05, 0.1) is 23.0 Å². The molecule has 1 aromatic heterocycles. The molecule has 1 fully saturated rings. The van der Waals surface area contributed by atoms with Crippen molar-refractivity contribution in [1.82, 2.24) is 4.98 Å². The molecular weight excluding hydrogens is 292 g/mol. The Hall–Kier alpha value is -2.69. The molecule has 0 aliphatic heterocycles. The van der Waals surface area contributed by atoms with Gasteiger partial charge in [-0.1, -0.05) is 30.4 Å². The maximum atomic E-state index is 12.7. The number of pyridine rings is 1. The standard InChI is InChI=1S/C18H16N2O3/c21-17(14-11-6-7-12(9-11)15(14)18(22)23)20-13-5-1-3-10-4-2-8-19-16(10)13/h1-8,11-12,14-15H,9H2,(H,20,21)(H,22,23)/t11-,12-,14-,15-/m0/s1. The van der Waals surface area contributed by atoms with Crippen LogP contribution < -0.4 is 5.32 Å². The molecule has 4 rings (SSSR count). The van der Waals surface area contributed by atoms with Crippen LogP contribution in [0, 0.1) is 23.7 Å². The number of carbonyl (C=O) groups excluding carboxylic acids is 1. The monoisotopic (exact) mass is 308 g/mol. The predicted molar refractivity (Wildman–Crippen MR) is 85.7 cm³/mol. The molecule has 5 nitrogen and oxygen atoms in total. The first kappa shape index (κ1) is 13.9. The smallest absolute Gasteiger partial charge is 0.307 e. The molecule has 1 aromatic carbocycles. The van der Waals surface area contributed by atoms with E-state index in [0.29, 0.717) is 11.2 Å². The van der Waals surface area contributed by atoms with Gasteiger partial charge in [0, 0.05) is 11.6 Å². The van der Waals surface area contributed by atoms with Gasteiger partial charge in [-0.2, -0.15) is 0 Å². The molecule has 0 saturated heterocycles. The van der Waals surface area contributed by atoms with Crippen LogP contribution in [0.15, 0.2) is 48.7 Å². The van der Waals surface area contributed by atoms with E-state index in [9.17, 15) is 14.7 Å². The number of hydrogen-bond acceptors (Lipinski definition) is 3. The minimum atomic E-state index is -0.891. The second-order valence-electron chi connectivity index (χ2n) is 6.21. The van der Waals surface area contributed by atoms with Gasteiger partial charge in [-0.3, -0.25) is 14.6 Å². The Balaban J connectivity index is 1.65. The Kier molecular flexibility index (Phi) is 3.15. The van der Waals surface area contributed by atoms with Gasteiger partial charge in [-0.15, -0.1) is 0 Å². The van der Waals surface area contributed by atoms with Crippen LogP contribution in [0.5, 0.6) is 0 Å². The van der Waals surface area contributed by atoms with Crippen LogP contribution in [0.3, 0.4) is 0 Å². The summed E-state index contributed by atoms with van der Waals surface area (Å²) < 4.78 is 0. The van der Waals surface area contributed by atoms with E-state index in [0.717, 1.165) is 11.8 Å². The number of carboxylic acids is 1. The molecule has 2 aliphatic rings. The lowest BCUT2D eigenvalue weighted by molar-refractivity contribution is -0.146. The normalized spacial score (nSPS) is 28.2. The summed E-state index contributed by atoms with van der Waals surface area (Å²) in [5.41, 5.74) is 1.35. The number of rotatable bonds is 3. The van der Waals surface area contributed by atoms with Crippen molar-refractivity contribution in [2.45, 2.75) is 6.42 Å². The third-order valence-corrected chi connectivity index (χ3v) is 4.94. The summed E-state index contributed by atoms with van der Waals surface area (Å²) in [6.45, 7) is 0. The molecule has 2 N–H and O–H groups in total. The number of fused-ring (bicyclic) bond motifs is 3. The fraction of sp³-hybridized carbons (Fsp3) is 0.278. The number of nitrogens with zero attached hydrogens (tertiary/aromatic N) is 1. The highest BCUT2D eigenvalue weighted by atomic mass is 16.4. The zero-order valence-electron chi connectivity index (χ0n) is 12.3. The molecule has 2 aliphatic carbocycles. The van der Waals surface area contributed by atoms with E-state index in [1.165, 1.54) is 0 Å². The Morgan fingerprint density at radius 1 is 1.09 bits per heavy atom. The van der Waals surface area contributed by atoms with Crippen LogP contribution in [0.1, 0.15) is 6.42 Å². The molecule has 5 heteroatoms. The van der Waals surface area contributed by atoms with Crippen molar-refractivity contribution in [2.24, 2.45) is 23.7 Å². The first-order valence-corrected chi connectivity index (χ1v) is 7.71. The summed E-state index contributed by atoms with van der Waals surface area (Å²) in [5, 5.41) is 13.3. The highest BCUT2D eigenvalue weighted by Gasteiger charge is 2.51. The molecule has 116 valence electrons. The molecule has 4 atom stereocenters. The van der Waals surface area contributed by atoms with Gasteiger partial charge in [0.2, 0.25) is 5.91 Å². The average molecular weight is 308 g/mol. The molecule has 2 bridgehead atoms. The van der Waals surface area contributed by atoms with Crippen molar-refractivity contribution >= 4 is 28.5 Å². The number of nitrogens with one attached hydrogen (secondary N) is 1.